The summed E-state index contributed by atoms with van der Waals surface area (Å²) in [5.74, 6) is 0. The van der Waals surface area contributed by atoms with Crippen LogP contribution in [0.25, 0.3) is 0 Å². The van der Waals surface area contributed by atoms with E-state index in [0.29, 0.717) is 24.2 Å². The third kappa shape index (κ3) is 2.65. The van der Waals surface area contributed by atoms with Crippen LogP contribution < -0.4 is 0 Å². The number of benzene rings is 1. The molecule has 2 rings (SSSR count). The summed E-state index contributed by atoms with van der Waals surface area (Å²) in [6.07, 6.45) is 0.864. The average Bonchev–Trinajstić information content (AvgIpc) is 2.71. The zero-order valence-electron chi connectivity index (χ0n) is 11.5. The van der Waals surface area contributed by atoms with Gasteiger partial charge < -0.3 is 0 Å². The van der Waals surface area contributed by atoms with Crippen molar-refractivity contribution < 1.29 is 8.42 Å². The summed E-state index contributed by atoms with van der Waals surface area (Å²) in [6, 6.07) is 6.79. The Morgan fingerprint density at radius 1 is 1.37 bits per heavy atom. The number of hydrogen-bond acceptors (Lipinski definition) is 3. The fourth-order valence-corrected chi connectivity index (χ4v) is 4.23. The SMILES string of the molecule is Cc1ccc(C#N)cc1S(=O)(=O)N1CCC(C)(C)C1. The molecule has 0 unspecified atom stereocenters. The lowest BCUT2D eigenvalue weighted by atomic mass is 9.93. The van der Waals surface area contributed by atoms with Gasteiger partial charge in [-0.05, 0) is 36.5 Å². The lowest BCUT2D eigenvalue weighted by molar-refractivity contribution is 0.375. The van der Waals surface area contributed by atoms with Crippen molar-refractivity contribution in [1.29, 1.82) is 5.26 Å². The van der Waals surface area contributed by atoms with Crippen molar-refractivity contribution in [1.82, 2.24) is 4.31 Å². The maximum absolute atomic E-state index is 12.6. The van der Waals surface area contributed by atoms with Gasteiger partial charge in [0.15, 0.2) is 0 Å². The van der Waals surface area contributed by atoms with Crippen molar-refractivity contribution >= 4 is 10.0 Å². The zero-order valence-corrected chi connectivity index (χ0v) is 12.3. The monoisotopic (exact) mass is 278 g/mol. The van der Waals surface area contributed by atoms with E-state index in [0.717, 1.165) is 6.42 Å². The Balaban J connectivity index is 2.44. The van der Waals surface area contributed by atoms with Crippen molar-refractivity contribution in [3.8, 4) is 6.07 Å². The van der Waals surface area contributed by atoms with Gasteiger partial charge in [-0.3, -0.25) is 0 Å². The largest absolute Gasteiger partial charge is 0.243 e. The fraction of sp³-hybridized carbons (Fsp3) is 0.500. The first-order chi connectivity index (χ1) is 8.76. The predicted octanol–water partition coefficient (Wildman–Crippen LogP) is 2.29. The van der Waals surface area contributed by atoms with E-state index < -0.39 is 10.0 Å². The van der Waals surface area contributed by atoms with E-state index in [2.05, 4.69) is 13.8 Å². The van der Waals surface area contributed by atoms with Crippen molar-refractivity contribution in [2.45, 2.75) is 32.1 Å². The number of nitriles is 1. The molecule has 0 radical (unpaired) electrons. The van der Waals surface area contributed by atoms with Gasteiger partial charge >= 0.3 is 0 Å². The Morgan fingerprint density at radius 2 is 2.05 bits per heavy atom. The molecule has 1 aromatic carbocycles. The quantitative estimate of drug-likeness (QED) is 0.834. The summed E-state index contributed by atoms with van der Waals surface area (Å²) in [4.78, 5) is 0.254. The molecule has 1 fully saturated rings. The number of aryl methyl sites for hydroxylation is 1. The number of rotatable bonds is 2. The molecular weight excluding hydrogens is 260 g/mol. The Labute approximate surface area is 114 Å². The molecule has 0 aromatic heterocycles. The highest BCUT2D eigenvalue weighted by Crippen LogP contribution is 2.33. The molecule has 1 aromatic rings. The van der Waals surface area contributed by atoms with Crippen molar-refractivity contribution in [2.24, 2.45) is 5.41 Å². The van der Waals surface area contributed by atoms with E-state index in [1.165, 1.54) is 10.4 Å². The molecule has 1 heterocycles. The summed E-state index contributed by atoms with van der Waals surface area (Å²) in [5.41, 5.74) is 1.08. The third-order valence-electron chi connectivity index (χ3n) is 3.58. The van der Waals surface area contributed by atoms with Gasteiger partial charge in [-0.15, -0.1) is 0 Å². The van der Waals surface area contributed by atoms with Gasteiger partial charge in [0, 0.05) is 13.1 Å². The van der Waals surface area contributed by atoms with E-state index >= 15 is 0 Å². The molecule has 0 atom stereocenters. The second-order valence-electron chi connectivity index (χ2n) is 5.84. The van der Waals surface area contributed by atoms with Crippen LogP contribution in [0, 0.1) is 23.7 Å². The van der Waals surface area contributed by atoms with Crippen molar-refractivity contribution in [3.05, 3.63) is 29.3 Å². The van der Waals surface area contributed by atoms with Gasteiger partial charge in [-0.2, -0.15) is 9.57 Å². The van der Waals surface area contributed by atoms with E-state index in [-0.39, 0.29) is 10.3 Å². The molecule has 1 saturated heterocycles. The molecule has 4 nitrogen and oxygen atoms in total. The van der Waals surface area contributed by atoms with Crippen LogP contribution in [0.3, 0.4) is 0 Å². The minimum atomic E-state index is -3.49. The van der Waals surface area contributed by atoms with E-state index in [9.17, 15) is 8.42 Å². The zero-order chi connectivity index (χ0) is 14.3. The normalized spacial score (nSPS) is 19.3. The Morgan fingerprint density at radius 3 is 2.58 bits per heavy atom. The lowest BCUT2D eigenvalue weighted by Gasteiger charge is -2.20. The van der Waals surface area contributed by atoms with E-state index in [1.807, 2.05) is 6.07 Å². The van der Waals surface area contributed by atoms with Crippen LogP contribution in [0.4, 0.5) is 0 Å². The Bertz CT molecular complexity index is 642. The van der Waals surface area contributed by atoms with Crippen LogP contribution in [0.5, 0.6) is 0 Å². The van der Waals surface area contributed by atoms with Crippen LogP contribution in [0.15, 0.2) is 23.1 Å². The summed E-state index contributed by atoms with van der Waals surface area (Å²) in [5, 5.41) is 8.91. The first kappa shape index (κ1) is 14.0. The molecular formula is C14H18N2O2S. The first-order valence-corrected chi connectivity index (χ1v) is 7.71. The number of sulfonamides is 1. The minimum Gasteiger partial charge on any atom is -0.207 e. The smallest absolute Gasteiger partial charge is 0.207 e. The summed E-state index contributed by atoms with van der Waals surface area (Å²) >= 11 is 0. The maximum atomic E-state index is 12.6. The van der Waals surface area contributed by atoms with Crippen LogP contribution in [-0.4, -0.2) is 25.8 Å². The predicted molar refractivity (Wildman–Crippen MR) is 73.1 cm³/mol. The standard InChI is InChI=1S/C14H18N2O2S/c1-11-4-5-12(9-15)8-13(11)19(17,18)16-7-6-14(2,3)10-16/h4-5,8H,6-7,10H2,1-3H3. The van der Waals surface area contributed by atoms with Gasteiger partial charge in [-0.1, -0.05) is 19.9 Å². The highest BCUT2D eigenvalue weighted by Gasteiger charge is 2.37. The highest BCUT2D eigenvalue weighted by atomic mass is 32.2. The van der Waals surface area contributed by atoms with Gasteiger partial charge in [-0.25, -0.2) is 8.42 Å². The second kappa shape index (κ2) is 4.62. The fourth-order valence-electron chi connectivity index (χ4n) is 2.35. The Kier molecular flexibility index (Phi) is 3.41. The molecule has 1 aliphatic heterocycles. The van der Waals surface area contributed by atoms with Crippen LogP contribution in [0.2, 0.25) is 0 Å². The first-order valence-electron chi connectivity index (χ1n) is 6.27. The van der Waals surface area contributed by atoms with Crippen molar-refractivity contribution in [2.75, 3.05) is 13.1 Å². The van der Waals surface area contributed by atoms with Gasteiger partial charge in [0.05, 0.1) is 16.5 Å². The Hall–Kier alpha value is -1.38. The molecule has 1 aliphatic rings. The molecule has 0 spiro atoms. The minimum absolute atomic E-state index is 0.0216. The molecule has 0 saturated carbocycles. The van der Waals surface area contributed by atoms with E-state index in [4.69, 9.17) is 5.26 Å². The molecule has 19 heavy (non-hydrogen) atoms. The molecule has 0 aliphatic carbocycles. The van der Waals surface area contributed by atoms with Crippen molar-refractivity contribution in [3.63, 3.8) is 0 Å². The topological polar surface area (TPSA) is 61.2 Å². The van der Waals surface area contributed by atoms with Gasteiger partial charge in [0.2, 0.25) is 10.0 Å². The third-order valence-corrected chi connectivity index (χ3v) is 5.56. The van der Waals surface area contributed by atoms with Crippen LogP contribution in [-0.2, 0) is 10.0 Å². The summed E-state index contributed by atoms with van der Waals surface area (Å²) in [7, 11) is -3.49. The molecule has 0 N–H and O–H groups in total. The molecule has 0 amide bonds. The molecule has 102 valence electrons. The highest BCUT2D eigenvalue weighted by molar-refractivity contribution is 7.89. The van der Waals surface area contributed by atoms with Gasteiger partial charge in [0.1, 0.15) is 0 Å². The number of hydrogen-bond donors (Lipinski definition) is 0. The number of nitrogens with zero attached hydrogens (tertiary/aromatic N) is 2. The van der Waals surface area contributed by atoms with Crippen LogP contribution >= 0.6 is 0 Å². The molecule has 5 heteroatoms. The molecule has 0 bridgehead atoms. The van der Waals surface area contributed by atoms with E-state index in [1.54, 1.807) is 19.1 Å². The van der Waals surface area contributed by atoms with Crippen LogP contribution in [0.1, 0.15) is 31.4 Å². The average molecular weight is 278 g/mol. The second-order valence-corrected chi connectivity index (χ2v) is 7.75. The lowest BCUT2D eigenvalue weighted by Crippen LogP contribution is -2.30. The van der Waals surface area contributed by atoms with Gasteiger partial charge in [0.25, 0.3) is 0 Å². The summed E-state index contributed by atoms with van der Waals surface area (Å²) in [6.45, 7) is 6.98. The maximum Gasteiger partial charge on any atom is 0.243 e. The summed E-state index contributed by atoms with van der Waals surface area (Å²) < 4.78 is 26.8.